The van der Waals surface area contributed by atoms with E-state index in [2.05, 4.69) is 53.9 Å². The summed E-state index contributed by atoms with van der Waals surface area (Å²) in [6, 6.07) is 17.2. The molecule has 0 aliphatic rings. The lowest BCUT2D eigenvalue weighted by Gasteiger charge is -2.17. The molecule has 0 spiro atoms. The number of hydrogen-bond acceptors (Lipinski definition) is 4. The van der Waals surface area contributed by atoms with Crippen LogP contribution in [0.15, 0.2) is 53.9 Å². The van der Waals surface area contributed by atoms with Gasteiger partial charge in [0.15, 0.2) is 5.38 Å². The molecular formula is C13H9ClO4S. The van der Waals surface area contributed by atoms with Crippen LogP contribution in [0.4, 0.5) is 0 Å². The molecule has 0 amide bonds. The third-order valence-corrected chi connectivity index (χ3v) is 3.37. The Bertz CT molecular complexity index is 636. The number of hydrogen-bond donors (Lipinski definition) is 0. The van der Waals surface area contributed by atoms with Crippen LogP contribution in [-0.2, 0) is 0 Å². The summed E-state index contributed by atoms with van der Waals surface area (Å²) in [5.74, 6) is 0. The minimum absolute atomic E-state index is 1.32. The van der Waals surface area contributed by atoms with Gasteiger partial charge in [-0.1, -0.05) is 24.3 Å². The van der Waals surface area contributed by atoms with Gasteiger partial charge in [-0.25, -0.2) is 18.6 Å². The second-order valence-electron chi connectivity index (χ2n) is 3.69. The molecule has 0 saturated heterocycles. The highest BCUT2D eigenvalue weighted by Gasteiger charge is 2.05. The smallest absolute Gasteiger partial charge is 0.222 e. The van der Waals surface area contributed by atoms with Crippen molar-refractivity contribution in [1.82, 2.24) is 0 Å². The largest absolute Gasteiger partial charge is 0.238 e. The zero-order chi connectivity index (χ0) is 13.9. The summed E-state index contributed by atoms with van der Waals surface area (Å²) in [4.78, 5) is 0. The first kappa shape index (κ1) is 14.1. The molecule has 3 rings (SSSR count). The minimum Gasteiger partial charge on any atom is -0.222 e. The van der Waals surface area contributed by atoms with Crippen molar-refractivity contribution in [1.29, 1.82) is 0 Å². The molecular weight excluding hydrogens is 288 g/mol. The Labute approximate surface area is 115 Å². The van der Waals surface area contributed by atoms with Crippen LogP contribution in [0.3, 0.4) is 0 Å². The van der Waals surface area contributed by atoms with E-state index in [9.17, 15) is 0 Å². The number of halogens is 1. The van der Waals surface area contributed by atoms with E-state index in [0.717, 1.165) is 0 Å². The highest BCUT2D eigenvalue weighted by atomic mass is 35.7. The van der Waals surface area contributed by atoms with Gasteiger partial charge in [-0.15, -0.1) is 10.2 Å². The van der Waals surface area contributed by atoms with Gasteiger partial charge in [-0.3, -0.25) is 0 Å². The quantitative estimate of drug-likeness (QED) is 0.416. The lowest BCUT2D eigenvalue weighted by atomic mass is 10.1. The molecule has 0 aliphatic heterocycles. The van der Waals surface area contributed by atoms with Crippen LogP contribution in [0, 0.1) is 10.2 Å². The summed E-state index contributed by atoms with van der Waals surface area (Å²) in [6.45, 7) is 0. The van der Waals surface area contributed by atoms with Gasteiger partial charge in [0.2, 0.25) is 16.0 Å². The molecule has 0 atom stereocenters. The Hall–Kier alpha value is -1.34. The van der Waals surface area contributed by atoms with Crippen molar-refractivity contribution < 1.29 is 28.9 Å². The Morgan fingerprint density at radius 1 is 0.737 bits per heavy atom. The lowest BCUT2D eigenvalue weighted by Crippen LogP contribution is -2.68. The Kier molecular flexibility index (Phi) is 4.26. The molecule has 6 heteroatoms. The van der Waals surface area contributed by atoms with E-state index in [1.807, 2.05) is 0 Å². The van der Waals surface area contributed by atoms with Gasteiger partial charge in [0.1, 0.15) is 0 Å². The molecule has 1 heterocycles. The molecule has 19 heavy (non-hydrogen) atoms. The average molecular weight is 297 g/mol. The van der Waals surface area contributed by atoms with Crippen LogP contribution in [0.2, 0.25) is 0 Å². The average Bonchev–Trinajstić information content (AvgIpc) is 2.37. The van der Waals surface area contributed by atoms with E-state index in [1.165, 1.54) is 20.9 Å². The predicted octanol–water partition coefficient (Wildman–Crippen LogP) is -0.420. The molecule has 4 nitrogen and oxygen atoms in total. The van der Waals surface area contributed by atoms with Gasteiger partial charge in [0, 0.05) is 11.5 Å². The minimum atomic E-state index is -4.94. The fourth-order valence-corrected chi connectivity index (χ4v) is 2.55. The molecule has 0 unspecified atom stereocenters. The maximum atomic E-state index is 8.49. The molecule has 0 bridgehead atoms. The topological polar surface area (TPSA) is 92.2 Å². The summed E-state index contributed by atoms with van der Waals surface area (Å²) in [5.41, 5.74) is 0. The summed E-state index contributed by atoms with van der Waals surface area (Å²) in [5, 5.41) is 6.15. The van der Waals surface area contributed by atoms with Gasteiger partial charge in [0.05, 0.1) is 0 Å². The monoisotopic (exact) mass is 296 g/mol. The molecule has 1 aromatic heterocycles. The SMILES string of the molecule is [O-][Cl+3]([O-])([O-])[O-].c1ccc2c(c1)ccc1[s+]cccc12. The standard InChI is InChI=1S/C13H9S.ClHO4/c1-2-5-11-10(4-1)7-8-13-12(11)6-3-9-14-13;2-1(3,4)5/h1-9H;(H,2,3,4,5)/q+1;/p-1. The fraction of sp³-hybridized carbons (Fsp3) is 0. The van der Waals surface area contributed by atoms with Crippen molar-refractivity contribution in [3.05, 3.63) is 53.9 Å². The van der Waals surface area contributed by atoms with Crippen LogP contribution in [-0.4, -0.2) is 0 Å². The maximum absolute atomic E-state index is 8.49. The summed E-state index contributed by atoms with van der Waals surface area (Å²) < 4.78 is 35.3. The third kappa shape index (κ3) is 4.07. The lowest BCUT2D eigenvalue weighted by molar-refractivity contribution is -2.00. The third-order valence-electron chi connectivity index (χ3n) is 2.47. The second-order valence-corrected chi connectivity index (χ2v) is 5.39. The molecule has 0 N–H and O–H groups in total. The highest BCUT2D eigenvalue weighted by molar-refractivity contribution is 7.16. The van der Waals surface area contributed by atoms with Crippen molar-refractivity contribution in [2.75, 3.05) is 0 Å². The van der Waals surface area contributed by atoms with E-state index in [-0.39, 0.29) is 0 Å². The van der Waals surface area contributed by atoms with E-state index in [0.29, 0.717) is 0 Å². The van der Waals surface area contributed by atoms with Crippen LogP contribution < -0.4 is 18.6 Å². The van der Waals surface area contributed by atoms with Gasteiger partial charge in [0.25, 0.3) is 0 Å². The van der Waals surface area contributed by atoms with Crippen LogP contribution in [0.5, 0.6) is 0 Å². The van der Waals surface area contributed by atoms with Crippen LogP contribution in [0.25, 0.3) is 20.9 Å². The highest BCUT2D eigenvalue weighted by Crippen LogP contribution is 2.26. The maximum Gasteiger partial charge on any atom is 0.238 e. The first-order valence-electron chi connectivity index (χ1n) is 5.25. The number of rotatable bonds is 0. The predicted molar refractivity (Wildman–Crippen MR) is 63.7 cm³/mol. The Balaban J connectivity index is 0.000000232. The van der Waals surface area contributed by atoms with Gasteiger partial charge < -0.3 is 0 Å². The second kappa shape index (κ2) is 5.75. The molecule has 0 radical (unpaired) electrons. The van der Waals surface area contributed by atoms with Crippen molar-refractivity contribution in [2.24, 2.45) is 0 Å². The van der Waals surface area contributed by atoms with E-state index in [1.54, 1.807) is 11.3 Å². The zero-order valence-corrected chi connectivity index (χ0v) is 11.2. The molecule has 3 aromatic rings. The van der Waals surface area contributed by atoms with Crippen molar-refractivity contribution in [3.63, 3.8) is 0 Å². The van der Waals surface area contributed by atoms with Gasteiger partial charge in [-0.05, 0) is 29.0 Å². The van der Waals surface area contributed by atoms with Crippen molar-refractivity contribution in [3.8, 4) is 0 Å². The van der Waals surface area contributed by atoms with Crippen molar-refractivity contribution >= 4 is 32.2 Å². The molecule has 0 saturated carbocycles. The van der Waals surface area contributed by atoms with Crippen LogP contribution in [0.1, 0.15) is 0 Å². The molecule has 0 fully saturated rings. The number of fused-ring (bicyclic) bond motifs is 3. The van der Waals surface area contributed by atoms with E-state index < -0.39 is 10.2 Å². The van der Waals surface area contributed by atoms with E-state index >= 15 is 0 Å². The van der Waals surface area contributed by atoms with E-state index in [4.69, 9.17) is 18.6 Å². The molecule has 0 aliphatic carbocycles. The van der Waals surface area contributed by atoms with Crippen LogP contribution >= 0.6 is 11.3 Å². The summed E-state index contributed by atoms with van der Waals surface area (Å²) >= 11 is 1.79. The summed E-state index contributed by atoms with van der Waals surface area (Å²) in [7, 11) is -4.94. The molecule has 2 aromatic carbocycles. The Morgan fingerprint density at radius 3 is 2.11 bits per heavy atom. The summed E-state index contributed by atoms with van der Waals surface area (Å²) in [6.07, 6.45) is 0. The molecule has 98 valence electrons. The Morgan fingerprint density at radius 2 is 1.37 bits per heavy atom. The van der Waals surface area contributed by atoms with Crippen molar-refractivity contribution in [2.45, 2.75) is 0 Å². The van der Waals surface area contributed by atoms with Gasteiger partial charge in [-0.2, -0.15) is 0 Å². The van der Waals surface area contributed by atoms with Gasteiger partial charge >= 0.3 is 0 Å². The number of benzene rings is 2. The fourth-order valence-electron chi connectivity index (χ4n) is 1.80. The normalized spacial score (nSPS) is 11.2. The zero-order valence-electron chi connectivity index (χ0n) is 9.62. The first-order valence-corrected chi connectivity index (χ1v) is 7.36. The first-order chi connectivity index (χ1) is 8.95.